The highest BCUT2D eigenvalue weighted by atomic mass is 32.2. The van der Waals surface area contributed by atoms with E-state index in [1.807, 2.05) is 0 Å². The van der Waals surface area contributed by atoms with Gasteiger partial charge in [-0.25, -0.2) is 8.78 Å². The highest BCUT2D eigenvalue weighted by Gasteiger charge is 2.26. The summed E-state index contributed by atoms with van der Waals surface area (Å²) in [5, 5.41) is 2.78. The van der Waals surface area contributed by atoms with E-state index >= 15 is 0 Å². The van der Waals surface area contributed by atoms with E-state index in [1.54, 1.807) is 36.4 Å². The molecule has 1 saturated heterocycles. The Hall–Kier alpha value is -3.05. The van der Waals surface area contributed by atoms with Crippen molar-refractivity contribution in [3.05, 3.63) is 59.4 Å². The fourth-order valence-corrected chi connectivity index (χ4v) is 4.11. The number of amides is 2. The van der Waals surface area contributed by atoms with Crippen molar-refractivity contribution in [1.29, 1.82) is 0 Å². The number of ketones is 1. The summed E-state index contributed by atoms with van der Waals surface area (Å²) in [5.74, 6) is -2.97. The molecule has 1 aliphatic heterocycles. The van der Waals surface area contributed by atoms with Crippen LogP contribution in [0.4, 0.5) is 8.78 Å². The molecule has 11 heteroatoms. The van der Waals surface area contributed by atoms with Gasteiger partial charge in [0, 0.05) is 37.5 Å². The first-order valence-corrected chi connectivity index (χ1v) is 12.3. The van der Waals surface area contributed by atoms with Crippen LogP contribution in [0.15, 0.2) is 36.7 Å². The summed E-state index contributed by atoms with van der Waals surface area (Å²) in [6, 6.07) is 5.51. The van der Waals surface area contributed by atoms with Gasteiger partial charge in [-0.15, -0.1) is 11.8 Å². The monoisotopic (exact) mass is 507 g/mol. The number of carbonyl (C=O) groups excluding carboxylic acids is 3. The number of halogens is 2. The molecule has 1 unspecified atom stereocenters. The zero-order valence-corrected chi connectivity index (χ0v) is 20.1. The molecule has 1 atom stereocenters. The molecular weight excluding hydrogens is 480 g/mol. The van der Waals surface area contributed by atoms with E-state index in [1.165, 1.54) is 11.8 Å². The third-order valence-electron chi connectivity index (χ3n) is 5.24. The largest absolute Gasteiger partial charge is 0.485 e. The lowest BCUT2D eigenvalue weighted by atomic mass is 10.1. The quantitative estimate of drug-likeness (QED) is 0.467. The Kier molecular flexibility index (Phi) is 9.98. The van der Waals surface area contributed by atoms with Crippen molar-refractivity contribution in [3.63, 3.8) is 0 Å². The number of nitrogens with one attached hydrogen (secondary N) is 1. The van der Waals surface area contributed by atoms with Gasteiger partial charge in [0.2, 0.25) is 11.8 Å². The smallest absolute Gasteiger partial charge is 0.232 e. The van der Waals surface area contributed by atoms with Crippen molar-refractivity contribution in [2.24, 2.45) is 0 Å². The number of nitrogens with zero attached hydrogens (tertiary/aromatic N) is 2. The third-order valence-corrected chi connectivity index (χ3v) is 6.16. The standard InChI is InChI=1S/C24H27F2N3O5S/c1-2-21(30)17-9-19(25)24(20(26)10-17)34-13-18-12-29(7-8-33-18)23(32)15-35-14-22(31)28-11-16-3-5-27-6-4-16/h3-6,9-10,18H,2,7-8,11-15H2,1H3,(H,28,31). The lowest BCUT2D eigenvalue weighted by molar-refractivity contribution is -0.137. The van der Waals surface area contributed by atoms with Crippen molar-refractivity contribution in [2.75, 3.05) is 37.8 Å². The molecule has 2 heterocycles. The molecule has 0 aliphatic carbocycles. The van der Waals surface area contributed by atoms with E-state index in [0.717, 1.165) is 17.7 Å². The van der Waals surface area contributed by atoms with Crippen LogP contribution >= 0.6 is 11.8 Å². The first kappa shape index (κ1) is 26.6. The van der Waals surface area contributed by atoms with Crippen LogP contribution in [-0.2, 0) is 20.9 Å². The average molecular weight is 508 g/mol. The molecule has 1 aromatic carbocycles. The van der Waals surface area contributed by atoms with E-state index < -0.39 is 23.5 Å². The van der Waals surface area contributed by atoms with Gasteiger partial charge >= 0.3 is 0 Å². The second kappa shape index (κ2) is 13.1. The van der Waals surface area contributed by atoms with Crippen LogP contribution < -0.4 is 10.1 Å². The number of aromatic nitrogens is 1. The molecule has 3 rings (SSSR count). The van der Waals surface area contributed by atoms with Crippen LogP contribution in [0.5, 0.6) is 5.75 Å². The fourth-order valence-electron chi connectivity index (χ4n) is 3.36. The zero-order chi connectivity index (χ0) is 25.2. The summed E-state index contributed by atoms with van der Waals surface area (Å²) in [6.07, 6.45) is 2.85. The van der Waals surface area contributed by atoms with Crippen LogP contribution in [0.2, 0.25) is 0 Å². The summed E-state index contributed by atoms with van der Waals surface area (Å²) in [4.78, 5) is 41.7. The van der Waals surface area contributed by atoms with Crippen molar-refractivity contribution < 1.29 is 32.6 Å². The summed E-state index contributed by atoms with van der Waals surface area (Å²) in [7, 11) is 0. The summed E-state index contributed by atoms with van der Waals surface area (Å²) >= 11 is 1.20. The van der Waals surface area contributed by atoms with Gasteiger partial charge < -0.3 is 19.7 Å². The average Bonchev–Trinajstić information content (AvgIpc) is 2.87. The molecular formula is C24H27F2N3O5S. The molecule has 2 aromatic rings. The third kappa shape index (κ3) is 8.00. The molecule has 1 fully saturated rings. The Labute approximate surface area is 206 Å². The van der Waals surface area contributed by atoms with Crippen molar-refractivity contribution in [3.8, 4) is 5.75 Å². The highest BCUT2D eigenvalue weighted by Crippen LogP contribution is 2.24. The summed E-state index contributed by atoms with van der Waals surface area (Å²) in [5.41, 5.74) is 0.880. The van der Waals surface area contributed by atoms with Crippen LogP contribution in [-0.4, -0.2) is 71.4 Å². The van der Waals surface area contributed by atoms with Gasteiger partial charge in [0.05, 0.1) is 24.7 Å². The van der Waals surface area contributed by atoms with Crippen molar-refractivity contribution in [1.82, 2.24) is 15.2 Å². The van der Waals surface area contributed by atoms with Crippen molar-refractivity contribution >= 4 is 29.4 Å². The molecule has 8 nitrogen and oxygen atoms in total. The minimum atomic E-state index is -0.968. The molecule has 0 spiro atoms. The molecule has 2 amide bonds. The van der Waals surface area contributed by atoms with E-state index in [4.69, 9.17) is 9.47 Å². The van der Waals surface area contributed by atoms with E-state index in [0.29, 0.717) is 13.1 Å². The highest BCUT2D eigenvalue weighted by molar-refractivity contribution is 8.00. The first-order chi connectivity index (χ1) is 16.9. The topological polar surface area (TPSA) is 97.8 Å². The van der Waals surface area contributed by atoms with E-state index in [-0.39, 0.29) is 60.8 Å². The molecule has 0 bridgehead atoms. The number of carbonyl (C=O) groups is 3. The lowest BCUT2D eigenvalue weighted by Gasteiger charge is -2.32. The molecule has 1 aromatic heterocycles. The second-order valence-corrected chi connectivity index (χ2v) is 8.80. The van der Waals surface area contributed by atoms with Crippen molar-refractivity contribution in [2.45, 2.75) is 26.0 Å². The number of rotatable bonds is 11. The summed E-state index contributed by atoms with van der Waals surface area (Å²) in [6.45, 7) is 2.66. The Morgan fingerprint density at radius 3 is 2.60 bits per heavy atom. The van der Waals surface area contributed by atoms with Crippen LogP contribution in [0.3, 0.4) is 0 Å². The zero-order valence-electron chi connectivity index (χ0n) is 19.3. The maximum atomic E-state index is 14.3. The Morgan fingerprint density at radius 1 is 1.20 bits per heavy atom. The maximum Gasteiger partial charge on any atom is 0.232 e. The molecule has 35 heavy (non-hydrogen) atoms. The molecule has 1 N–H and O–H groups in total. The van der Waals surface area contributed by atoms with Crippen LogP contribution in [0.25, 0.3) is 0 Å². The summed E-state index contributed by atoms with van der Waals surface area (Å²) < 4.78 is 39.4. The fraction of sp³-hybridized carbons (Fsp3) is 0.417. The number of hydrogen-bond donors (Lipinski definition) is 1. The molecule has 0 radical (unpaired) electrons. The Bertz CT molecular complexity index is 1020. The number of morpholine rings is 1. The van der Waals surface area contributed by atoms with Crippen LogP contribution in [0.1, 0.15) is 29.3 Å². The first-order valence-electron chi connectivity index (χ1n) is 11.1. The Morgan fingerprint density at radius 2 is 1.91 bits per heavy atom. The van der Waals surface area contributed by atoms with Gasteiger partial charge in [-0.1, -0.05) is 6.92 Å². The minimum Gasteiger partial charge on any atom is -0.485 e. The number of pyridine rings is 1. The minimum absolute atomic E-state index is 0.0518. The molecule has 188 valence electrons. The lowest BCUT2D eigenvalue weighted by Crippen LogP contribution is -2.48. The number of thioether (sulfide) groups is 1. The second-order valence-electron chi connectivity index (χ2n) is 7.81. The number of Topliss-reactive ketones (excluding diaryl/α,β-unsaturated/α-hetero) is 1. The van der Waals surface area contributed by atoms with E-state index in [9.17, 15) is 23.2 Å². The SMILES string of the molecule is CCC(=O)c1cc(F)c(OCC2CN(C(=O)CSCC(=O)NCc3ccncc3)CCO2)c(F)c1. The van der Waals surface area contributed by atoms with Gasteiger partial charge in [0.1, 0.15) is 12.7 Å². The number of hydrogen-bond acceptors (Lipinski definition) is 7. The Balaban J connectivity index is 1.41. The predicted octanol–water partition coefficient (Wildman–Crippen LogP) is 2.61. The number of benzene rings is 1. The molecule has 0 saturated carbocycles. The van der Waals surface area contributed by atoms with Gasteiger partial charge in [0.15, 0.2) is 23.2 Å². The predicted molar refractivity (Wildman–Crippen MR) is 126 cm³/mol. The van der Waals surface area contributed by atoms with Gasteiger partial charge in [-0.3, -0.25) is 19.4 Å². The van der Waals surface area contributed by atoms with Gasteiger partial charge in [-0.2, -0.15) is 0 Å². The van der Waals surface area contributed by atoms with Gasteiger partial charge in [0.25, 0.3) is 0 Å². The normalized spacial score (nSPS) is 15.5. The number of ether oxygens (including phenoxy) is 2. The van der Waals surface area contributed by atoms with Gasteiger partial charge in [-0.05, 0) is 29.8 Å². The maximum absolute atomic E-state index is 14.3. The van der Waals surface area contributed by atoms with E-state index in [2.05, 4.69) is 10.3 Å². The van der Waals surface area contributed by atoms with Crippen LogP contribution in [0, 0.1) is 11.6 Å². The molecule has 1 aliphatic rings.